The molecular formula is C13H16BrNO2. The summed E-state index contributed by atoms with van der Waals surface area (Å²) in [6, 6.07) is 5.61. The summed E-state index contributed by atoms with van der Waals surface area (Å²) in [7, 11) is 0. The second-order valence-electron chi connectivity index (χ2n) is 4.61. The van der Waals surface area contributed by atoms with Crippen LogP contribution in [-0.2, 0) is 0 Å². The molecule has 1 aromatic rings. The van der Waals surface area contributed by atoms with E-state index in [0.717, 1.165) is 36.0 Å². The molecule has 0 spiro atoms. The molecule has 4 heteroatoms. The van der Waals surface area contributed by atoms with E-state index >= 15 is 0 Å². The van der Waals surface area contributed by atoms with Crippen molar-refractivity contribution in [3.8, 4) is 0 Å². The minimum atomic E-state index is -0.195. The number of aldehydes is 1. The van der Waals surface area contributed by atoms with Gasteiger partial charge in [0, 0.05) is 23.1 Å². The number of benzene rings is 1. The van der Waals surface area contributed by atoms with Crippen LogP contribution in [0.15, 0.2) is 22.7 Å². The summed E-state index contributed by atoms with van der Waals surface area (Å²) in [6.45, 7) is 3.76. The fourth-order valence-corrected chi connectivity index (χ4v) is 2.85. The van der Waals surface area contributed by atoms with Gasteiger partial charge in [-0.1, -0.05) is 6.92 Å². The standard InChI is InChI=1S/C13H16BrNO2/c1-9-7-15(5-4-13(9)17)12-3-2-10(8-16)6-11(12)14/h2-3,6,8-9,13,17H,4-5,7H2,1H3. The van der Waals surface area contributed by atoms with E-state index in [1.54, 1.807) is 0 Å². The van der Waals surface area contributed by atoms with E-state index < -0.39 is 0 Å². The van der Waals surface area contributed by atoms with Crippen LogP contribution in [-0.4, -0.2) is 30.6 Å². The maximum atomic E-state index is 10.7. The highest BCUT2D eigenvalue weighted by atomic mass is 79.9. The molecule has 1 heterocycles. The smallest absolute Gasteiger partial charge is 0.150 e. The van der Waals surface area contributed by atoms with E-state index in [4.69, 9.17) is 0 Å². The molecule has 1 aliphatic rings. The third-order valence-corrected chi connectivity index (χ3v) is 3.94. The lowest BCUT2D eigenvalue weighted by atomic mass is 9.96. The van der Waals surface area contributed by atoms with Gasteiger partial charge in [-0.15, -0.1) is 0 Å². The van der Waals surface area contributed by atoms with Crippen molar-refractivity contribution < 1.29 is 9.90 Å². The fraction of sp³-hybridized carbons (Fsp3) is 0.462. The number of rotatable bonds is 2. The van der Waals surface area contributed by atoms with Crippen LogP contribution in [0.2, 0.25) is 0 Å². The van der Waals surface area contributed by atoms with E-state index in [2.05, 4.69) is 27.8 Å². The van der Waals surface area contributed by atoms with Crippen LogP contribution in [0.5, 0.6) is 0 Å². The van der Waals surface area contributed by atoms with Gasteiger partial charge < -0.3 is 10.0 Å². The number of hydrogen-bond acceptors (Lipinski definition) is 3. The van der Waals surface area contributed by atoms with Crippen LogP contribution in [0.4, 0.5) is 5.69 Å². The van der Waals surface area contributed by atoms with Gasteiger partial charge in [0.2, 0.25) is 0 Å². The predicted octanol–water partition coefficient (Wildman–Crippen LogP) is 2.47. The second kappa shape index (κ2) is 5.19. The first kappa shape index (κ1) is 12.6. The molecule has 0 aliphatic carbocycles. The van der Waals surface area contributed by atoms with Crippen molar-refractivity contribution in [2.24, 2.45) is 5.92 Å². The third-order valence-electron chi connectivity index (χ3n) is 3.31. The molecule has 2 rings (SSSR count). The summed E-state index contributed by atoms with van der Waals surface area (Å²) >= 11 is 3.50. The summed E-state index contributed by atoms with van der Waals surface area (Å²) in [5.74, 6) is 0.279. The summed E-state index contributed by atoms with van der Waals surface area (Å²) in [5.41, 5.74) is 1.76. The molecule has 2 unspecified atom stereocenters. The lowest BCUT2D eigenvalue weighted by molar-refractivity contribution is 0.0970. The van der Waals surface area contributed by atoms with Gasteiger partial charge in [-0.05, 0) is 46.5 Å². The number of carbonyl (C=O) groups excluding carboxylic acids is 1. The van der Waals surface area contributed by atoms with E-state index in [1.807, 2.05) is 18.2 Å². The van der Waals surface area contributed by atoms with Crippen molar-refractivity contribution in [1.82, 2.24) is 0 Å². The van der Waals surface area contributed by atoms with Crippen molar-refractivity contribution in [2.45, 2.75) is 19.4 Å². The number of nitrogens with zero attached hydrogens (tertiary/aromatic N) is 1. The van der Waals surface area contributed by atoms with Gasteiger partial charge in [-0.3, -0.25) is 4.79 Å². The largest absolute Gasteiger partial charge is 0.393 e. The van der Waals surface area contributed by atoms with E-state index in [0.29, 0.717) is 5.56 Å². The van der Waals surface area contributed by atoms with Gasteiger partial charge in [0.1, 0.15) is 6.29 Å². The Balaban J connectivity index is 2.20. The average Bonchev–Trinajstić information content (AvgIpc) is 2.32. The Labute approximate surface area is 110 Å². The van der Waals surface area contributed by atoms with Crippen LogP contribution in [0.25, 0.3) is 0 Å². The third kappa shape index (κ3) is 2.69. The van der Waals surface area contributed by atoms with Gasteiger partial charge in [0.25, 0.3) is 0 Å². The van der Waals surface area contributed by atoms with Crippen LogP contribution < -0.4 is 4.90 Å². The van der Waals surface area contributed by atoms with Crippen LogP contribution in [0.1, 0.15) is 23.7 Å². The van der Waals surface area contributed by atoms with Crippen LogP contribution >= 0.6 is 15.9 Å². The minimum absolute atomic E-state index is 0.195. The maximum Gasteiger partial charge on any atom is 0.150 e. The molecule has 92 valence electrons. The number of anilines is 1. The molecule has 0 saturated carbocycles. The van der Waals surface area contributed by atoms with Crippen molar-refractivity contribution in [3.63, 3.8) is 0 Å². The Morgan fingerprint density at radius 1 is 1.53 bits per heavy atom. The highest BCUT2D eigenvalue weighted by Crippen LogP contribution is 2.30. The first-order chi connectivity index (χ1) is 8.11. The Morgan fingerprint density at radius 2 is 2.29 bits per heavy atom. The molecule has 17 heavy (non-hydrogen) atoms. The highest BCUT2D eigenvalue weighted by molar-refractivity contribution is 9.10. The molecule has 1 aliphatic heterocycles. The topological polar surface area (TPSA) is 40.5 Å². The SMILES string of the molecule is CC1CN(c2ccc(C=O)cc2Br)CCC1O. The first-order valence-corrected chi connectivity index (χ1v) is 6.59. The zero-order valence-electron chi connectivity index (χ0n) is 9.77. The van der Waals surface area contributed by atoms with Crippen molar-refractivity contribution in [3.05, 3.63) is 28.2 Å². The van der Waals surface area contributed by atoms with Gasteiger partial charge >= 0.3 is 0 Å². The Morgan fingerprint density at radius 3 is 2.88 bits per heavy atom. The lowest BCUT2D eigenvalue weighted by Crippen LogP contribution is -2.42. The zero-order valence-corrected chi connectivity index (χ0v) is 11.4. The average molecular weight is 298 g/mol. The molecule has 2 atom stereocenters. The first-order valence-electron chi connectivity index (χ1n) is 5.79. The summed E-state index contributed by atoms with van der Waals surface area (Å²) in [6.07, 6.45) is 1.44. The monoisotopic (exact) mass is 297 g/mol. The minimum Gasteiger partial charge on any atom is -0.393 e. The van der Waals surface area contributed by atoms with Gasteiger partial charge in [-0.2, -0.15) is 0 Å². The van der Waals surface area contributed by atoms with Gasteiger partial charge in [0.05, 0.1) is 11.8 Å². The number of carbonyl (C=O) groups is 1. The summed E-state index contributed by atoms with van der Waals surface area (Å²) in [4.78, 5) is 12.9. The molecule has 0 bridgehead atoms. The number of piperidine rings is 1. The number of halogens is 1. The van der Waals surface area contributed by atoms with E-state index in [1.165, 1.54) is 0 Å². The van der Waals surface area contributed by atoms with Crippen molar-refractivity contribution >= 4 is 27.9 Å². The van der Waals surface area contributed by atoms with Crippen molar-refractivity contribution in [2.75, 3.05) is 18.0 Å². The number of aliphatic hydroxyl groups is 1. The Kier molecular flexibility index (Phi) is 3.84. The molecule has 0 aromatic heterocycles. The lowest BCUT2D eigenvalue weighted by Gasteiger charge is -2.36. The maximum absolute atomic E-state index is 10.7. The summed E-state index contributed by atoms with van der Waals surface area (Å²) in [5, 5.41) is 9.71. The zero-order chi connectivity index (χ0) is 12.4. The predicted molar refractivity (Wildman–Crippen MR) is 71.5 cm³/mol. The molecule has 1 N–H and O–H groups in total. The molecule has 1 saturated heterocycles. The van der Waals surface area contributed by atoms with Gasteiger partial charge in [-0.25, -0.2) is 0 Å². The molecular weight excluding hydrogens is 282 g/mol. The molecule has 0 radical (unpaired) electrons. The number of aliphatic hydroxyl groups excluding tert-OH is 1. The van der Waals surface area contributed by atoms with E-state index in [-0.39, 0.29) is 12.0 Å². The second-order valence-corrected chi connectivity index (χ2v) is 5.46. The van der Waals surface area contributed by atoms with E-state index in [9.17, 15) is 9.90 Å². The molecule has 1 fully saturated rings. The molecule has 1 aromatic carbocycles. The normalized spacial score (nSPS) is 24.8. The van der Waals surface area contributed by atoms with Crippen LogP contribution in [0, 0.1) is 5.92 Å². The highest BCUT2D eigenvalue weighted by Gasteiger charge is 2.25. The van der Waals surface area contributed by atoms with Crippen molar-refractivity contribution in [1.29, 1.82) is 0 Å². The molecule has 0 amide bonds. The summed E-state index contributed by atoms with van der Waals surface area (Å²) < 4.78 is 0.936. The quantitative estimate of drug-likeness (QED) is 0.853. The fourth-order valence-electron chi connectivity index (χ4n) is 2.20. The molecule has 3 nitrogen and oxygen atoms in total. The Hall–Kier alpha value is -0.870. The van der Waals surface area contributed by atoms with Gasteiger partial charge in [0.15, 0.2) is 0 Å². The van der Waals surface area contributed by atoms with Crippen LogP contribution in [0.3, 0.4) is 0 Å². The number of hydrogen-bond donors (Lipinski definition) is 1. The Bertz CT molecular complexity index is 422.